The summed E-state index contributed by atoms with van der Waals surface area (Å²) in [7, 11) is 2.05. The molecule has 0 aromatic heterocycles. The Morgan fingerprint density at radius 3 is 2.60 bits per heavy atom. The van der Waals surface area contributed by atoms with E-state index in [1.54, 1.807) is 12.1 Å². The first-order chi connectivity index (χ1) is 7.16. The van der Waals surface area contributed by atoms with Gasteiger partial charge in [0.2, 0.25) is 0 Å². The Labute approximate surface area is 94.8 Å². The molecule has 1 heterocycles. The van der Waals surface area contributed by atoms with Crippen molar-refractivity contribution in [1.29, 1.82) is 0 Å². The van der Waals surface area contributed by atoms with Crippen molar-refractivity contribution in [3.63, 3.8) is 0 Å². The van der Waals surface area contributed by atoms with Crippen LogP contribution < -0.4 is 0 Å². The third-order valence-corrected chi connectivity index (χ3v) is 3.14. The molecule has 1 aromatic carbocycles. The number of halogens is 1. The van der Waals surface area contributed by atoms with Gasteiger partial charge >= 0.3 is 0 Å². The first-order valence-electron chi connectivity index (χ1n) is 5.15. The fraction of sp³-hybridized carbons (Fsp3) is 0.417. The predicted octanol–water partition coefficient (Wildman–Crippen LogP) is 2.47. The van der Waals surface area contributed by atoms with Crippen LogP contribution in [0.4, 0.5) is 0 Å². The Hall–Kier alpha value is -0.860. The first-order valence-corrected chi connectivity index (χ1v) is 5.53. The number of carbonyl (C=O) groups excluding carboxylic acids is 1. The van der Waals surface area contributed by atoms with Gasteiger partial charge in [-0.1, -0.05) is 11.6 Å². The topological polar surface area (TPSA) is 20.3 Å². The number of carbonyl (C=O) groups is 1. The predicted molar refractivity (Wildman–Crippen MR) is 61.4 cm³/mol. The summed E-state index contributed by atoms with van der Waals surface area (Å²) < 4.78 is 0. The van der Waals surface area contributed by atoms with Crippen molar-refractivity contribution in [1.82, 2.24) is 4.90 Å². The Morgan fingerprint density at radius 2 is 2.07 bits per heavy atom. The lowest BCUT2D eigenvalue weighted by Gasteiger charge is -2.09. The largest absolute Gasteiger partial charge is 0.306 e. The number of hydrogen-bond acceptors (Lipinski definition) is 2. The van der Waals surface area contributed by atoms with Gasteiger partial charge in [-0.3, -0.25) is 4.79 Å². The molecule has 15 heavy (non-hydrogen) atoms. The molecule has 1 aliphatic heterocycles. The van der Waals surface area contributed by atoms with E-state index >= 15 is 0 Å². The van der Waals surface area contributed by atoms with Crippen molar-refractivity contribution in [2.75, 3.05) is 20.1 Å². The molecule has 0 spiro atoms. The molecule has 3 heteroatoms. The minimum Gasteiger partial charge on any atom is -0.306 e. The number of likely N-dealkylation sites (tertiary alicyclic amines) is 1. The zero-order valence-corrected chi connectivity index (χ0v) is 9.50. The molecule has 0 bridgehead atoms. The summed E-state index contributed by atoms with van der Waals surface area (Å²) in [6, 6.07) is 7.16. The van der Waals surface area contributed by atoms with Crippen LogP contribution in [0.5, 0.6) is 0 Å². The zero-order chi connectivity index (χ0) is 10.8. The standard InChI is InChI=1S/C12H14ClNO/c1-14-7-6-10(8-14)12(15)9-2-4-11(13)5-3-9/h2-5,10H,6-8H2,1H3. The monoisotopic (exact) mass is 223 g/mol. The molecule has 1 aromatic rings. The summed E-state index contributed by atoms with van der Waals surface area (Å²) in [6.07, 6.45) is 0.970. The smallest absolute Gasteiger partial charge is 0.167 e. The Balaban J connectivity index is 2.11. The van der Waals surface area contributed by atoms with E-state index in [2.05, 4.69) is 11.9 Å². The molecule has 1 unspecified atom stereocenters. The number of benzene rings is 1. The van der Waals surface area contributed by atoms with Gasteiger partial charge in [-0.05, 0) is 44.3 Å². The number of Topliss-reactive ketones (excluding diaryl/α,β-unsaturated/α-hetero) is 1. The minimum absolute atomic E-state index is 0.163. The highest BCUT2D eigenvalue weighted by Gasteiger charge is 2.26. The van der Waals surface area contributed by atoms with E-state index in [4.69, 9.17) is 11.6 Å². The molecule has 0 radical (unpaired) electrons. The van der Waals surface area contributed by atoms with E-state index in [1.165, 1.54) is 0 Å². The third-order valence-electron chi connectivity index (χ3n) is 2.89. The molecule has 80 valence electrons. The van der Waals surface area contributed by atoms with E-state index in [9.17, 15) is 4.79 Å². The number of ketones is 1. The second-order valence-electron chi connectivity index (χ2n) is 4.12. The lowest BCUT2D eigenvalue weighted by Crippen LogP contribution is -2.19. The van der Waals surface area contributed by atoms with Gasteiger partial charge in [-0.15, -0.1) is 0 Å². The van der Waals surface area contributed by atoms with Crippen LogP contribution >= 0.6 is 11.6 Å². The summed E-state index contributed by atoms with van der Waals surface area (Å²) >= 11 is 5.78. The quantitative estimate of drug-likeness (QED) is 0.718. The molecule has 1 aliphatic rings. The summed E-state index contributed by atoms with van der Waals surface area (Å²) in [5.74, 6) is 0.409. The fourth-order valence-electron chi connectivity index (χ4n) is 2.00. The van der Waals surface area contributed by atoms with E-state index in [-0.39, 0.29) is 11.7 Å². The molecule has 1 saturated heterocycles. The molecule has 0 aliphatic carbocycles. The van der Waals surface area contributed by atoms with Crippen molar-refractivity contribution >= 4 is 17.4 Å². The molecule has 0 amide bonds. The molecule has 0 N–H and O–H groups in total. The van der Waals surface area contributed by atoms with Crippen LogP contribution in [0.25, 0.3) is 0 Å². The van der Waals surface area contributed by atoms with Gasteiger partial charge in [-0.2, -0.15) is 0 Å². The zero-order valence-electron chi connectivity index (χ0n) is 8.74. The van der Waals surface area contributed by atoms with Crippen LogP contribution in [-0.2, 0) is 0 Å². The Kier molecular flexibility index (Phi) is 3.08. The highest BCUT2D eigenvalue weighted by Crippen LogP contribution is 2.20. The lowest BCUT2D eigenvalue weighted by molar-refractivity contribution is 0.0924. The molecule has 0 saturated carbocycles. The van der Waals surface area contributed by atoms with E-state index in [1.807, 2.05) is 12.1 Å². The Morgan fingerprint density at radius 1 is 1.40 bits per heavy atom. The highest BCUT2D eigenvalue weighted by molar-refractivity contribution is 6.30. The number of hydrogen-bond donors (Lipinski definition) is 0. The number of rotatable bonds is 2. The van der Waals surface area contributed by atoms with Crippen molar-refractivity contribution in [3.8, 4) is 0 Å². The molecule has 1 fully saturated rings. The SMILES string of the molecule is CN1CCC(C(=O)c2ccc(Cl)cc2)C1. The highest BCUT2D eigenvalue weighted by atomic mass is 35.5. The van der Waals surface area contributed by atoms with Crippen molar-refractivity contribution < 1.29 is 4.79 Å². The van der Waals surface area contributed by atoms with Crippen molar-refractivity contribution in [2.24, 2.45) is 5.92 Å². The average Bonchev–Trinajstić information content (AvgIpc) is 2.65. The van der Waals surface area contributed by atoms with Gasteiger partial charge in [0.05, 0.1) is 0 Å². The van der Waals surface area contributed by atoms with Gasteiger partial charge in [-0.25, -0.2) is 0 Å². The second-order valence-corrected chi connectivity index (χ2v) is 4.56. The van der Waals surface area contributed by atoms with Gasteiger partial charge in [0.25, 0.3) is 0 Å². The normalized spacial score (nSPS) is 21.9. The third kappa shape index (κ3) is 2.39. The maximum absolute atomic E-state index is 12.0. The Bertz CT molecular complexity index is 360. The van der Waals surface area contributed by atoms with Gasteiger partial charge in [0, 0.05) is 23.0 Å². The summed E-state index contributed by atoms with van der Waals surface area (Å²) in [5.41, 5.74) is 0.778. The van der Waals surface area contributed by atoms with E-state index < -0.39 is 0 Å². The molecule has 1 atom stereocenters. The molecule has 2 rings (SSSR count). The molecule has 2 nitrogen and oxygen atoms in total. The fourth-order valence-corrected chi connectivity index (χ4v) is 2.12. The minimum atomic E-state index is 0.163. The van der Waals surface area contributed by atoms with Crippen molar-refractivity contribution in [2.45, 2.75) is 6.42 Å². The van der Waals surface area contributed by atoms with Gasteiger partial charge in [0.1, 0.15) is 0 Å². The average molecular weight is 224 g/mol. The van der Waals surface area contributed by atoms with Gasteiger partial charge in [0.15, 0.2) is 5.78 Å². The van der Waals surface area contributed by atoms with Crippen molar-refractivity contribution in [3.05, 3.63) is 34.9 Å². The van der Waals surface area contributed by atoms with Crippen LogP contribution in [0.1, 0.15) is 16.8 Å². The molecular formula is C12H14ClNO. The van der Waals surface area contributed by atoms with Crippen LogP contribution in [0.3, 0.4) is 0 Å². The summed E-state index contributed by atoms with van der Waals surface area (Å²) in [4.78, 5) is 14.2. The summed E-state index contributed by atoms with van der Waals surface area (Å²) in [5, 5.41) is 0.676. The van der Waals surface area contributed by atoms with Gasteiger partial charge < -0.3 is 4.90 Å². The van der Waals surface area contributed by atoms with E-state index in [0.717, 1.165) is 25.1 Å². The first kappa shape index (κ1) is 10.7. The van der Waals surface area contributed by atoms with Crippen LogP contribution in [0.2, 0.25) is 5.02 Å². The maximum Gasteiger partial charge on any atom is 0.167 e. The van der Waals surface area contributed by atoms with Crippen LogP contribution in [-0.4, -0.2) is 30.8 Å². The number of nitrogens with zero attached hydrogens (tertiary/aromatic N) is 1. The molecular weight excluding hydrogens is 210 g/mol. The van der Waals surface area contributed by atoms with Crippen LogP contribution in [0, 0.1) is 5.92 Å². The second kappa shape index (κ2) is 4.33. The summed E-state index contributed by atoms with van der Waals surface area (Å²) in [6.45, 7) is 1.89. The lowest BCUT2D eigenvalue weighted by atomic mass is 9.97. The van der Waals surface area contributed by atoms with E-state index in [0.29, 0.717) is 5.02 Å². The van der Waals surface area contributed by atoms with Crippen LogP contribution in [0.15, 0.2) is 24.3 Å². The maximum atomic E-state index is 12.0.